The molecule has 7 heteroatoms. The number of fused-ring (bicyclic) bond motifs is 3. The lowest BCUT2D eigenvalue weighted by molar-refractivity contribution is 0.0689. The number of thiophene rings is 1. The van der Waals surface area contributed by atoms with Crippen LogP contribution in [0.5, 0.6) is 11.5 Å². The second kappa shape index (κ2) is 6.74. The Morgan fingerprint density at radius 1 is 1.30 bits per heavy atom. The maximum absolute atomic E-state index is 11.8. The minimum atomic E-state index is -1.00. The minimum absolute atomic E-state index is 0.00542. The van der Waals surface area contributed by atoms with E-state index in [0.29, 0.717) is 23.7 Å². The minimum Gasteiger partial charge on any atom is -0.493 e. The van der Waals surface area contributed by atoms with Crippen molar-refractivity contribution in [1.82, 2.24) is 9.55 Å². The molecule has 1 aliphatic heterocycles. The van der Waals surface area contributed by atoms with Crippen LogP contribution in [0.3, 0.4) is 0 Å². The van der Waals surface area contributed by atoms with Gasteiger partial charge in [0.2, 0.25) is 0 Å². The topological polar surface area (TPSA) is 73.6 Å². The summed E-state index contributed by atoms with van der Waals surface area (Å²) in [6.07, 6.45) is 1.33. The molecule has 3 aromatic rings. The summed E-state index contributed by atoms with van der Waals surface area (Å²) in [6.45, 7) is 3.92. The highest BCUT2D eigenvalue weighted by Gasteiger charge is 2.29. The van der Waals surface area contributed by atoms with Crippen LogP contribution in [0, 0.1) is 0 Å². The number of carboxylic acids is 1. The van der Waals surface area contributed by atoms with E-state index in [2.05, 4.69) is 4.98 Å². The molecule has 1 aromatic carbocycles. The second-order valence-electron chi connectivity index (χ2n) is 6.65. The van der Waals surface area contributed by atoms with Gasteiger partial charge in [0.1, 0.15) is 0 Å². The highest BCUT2D eigenvalue weighted by atomic mass is 32.1. The molecule has 27 heavy (non-hydrogen) atoms. The fourth-order valence-electron chi connectivity index (χ4n) is 3.44. The maximum Gasteiger partial charge on any atom is 0.356 e. The normalized spacial score (nSPS) is 12.6. The van der Waals surface area contributed by atoms with Gasteiger partial charge in [-0.2, -0.15) is 0 Å². The van der Waals surface area contributed by atoms with E-state index in [9.17, 15) is 9.90 Å². The highest BCUT2D eigenvalue weighted by molar-refractivity contribution is 7.13. The Morgan fingerprint density at radius 3 is 2.74 bits per heavy atom. The number of benzene rings is 1. The van der Waals surface area contributed by atoms with Gasteiger partial charge in [-0.25, -0.2) is 9.78 Å². The van der Waals surface area contributed by atoms with Gasteiger partial charge in [-0.3, -0.25) is 4.57 Å². The SMILES string of the molecule is COc1cc2c(cc1OC(C)C)-n1c(-c3cccs3)nc(C(=O)O)c1CC2. The van der Waals surface area contributed by atoms with E-state index in [4.69, 9.17) is 9.47 Å². The van der Waals surface area contributed by atoms with Crippen LogP contribution in [0.4, 0.5) is 0 Å². The fourth-order valence-corrected chi connectivity index (χ4v) is 4.15. The van der Waals surface area contributed by atoms with Crippen LogP contribution >= 0.6 is 11.3 Å². The highest BCUT2D eigenvalue weighted by Crippen LogP contribution is 2.40. The monoisotopic (exact) mass is 384 g/mol. The summed E-state index contributed by atoms with van der Waals surface area (Å²) >= 11 is 1.54. The number of methoxy groups -OCH3 is 1. The molecular formula is C20H20N2O4S. The number of nitrogens with zero attached hydrogens (tertiary/aromatic N) is 2. The van der Waals surface area contributed by atoms with Gasteiger partial charge in [0, 0.05) is 6.07 Å². The van der Waals surface area contributed by atoms with E-state index in [-0.39, 0.29) is 11.8 Å². The van der Waals surface area contributed by atoms with E-state index in [1.165, 1.54) is 11.3 Å². The van der Waals surface area contributed by atoms with Crippen molar-refractivity contribution in [2.24, 2.45) is 0 Å². The average Bonchev–Trinajstić information content (AvgIpc) is 3.28. The molecule has 0 bridgehead atoms. The Balaban J connectivity index is 1.97. The molecule has 0 amide bonds. The summed E-state index contributed by atoms with van der Waals surface area (Å²) in [5.74, 6) is 0.972. The van der Waals surface area contributed by atoms with Crippen LogP contribution in [0.15, 0.2) is 29.6 Å². The molecule has 0 saturated heterocycles. The quantitative estimate of drug-likeness (QED) is 0.714. The van der Waals surface area contributed by atoms with Crippen molar-refractivity contribution in [2.45, 2.75) is 32.8 Å². The number of aromatic nitrogens is 2. The number of aryl methyl sites for hydroxylation is 1. The smallest absolute Gasteiger partial charge is 0.356 e. The van der Waals surface area contributed by atoms with Gasteiger partial charge in [0.05, 0.1) is 29.5 Å². The van der Waals surface area contributed by atoms with Crippen molar-refractivity contribution in [3.8, 4) is 27.9 Å². The number of hydrogen-bond donors (Lipinski definition) is 1. The van der Waals surface area contributed by atoms with Gasteiger partial charge >= 0.3 is 5.97 Å². The maximum atomic E-state index is 11.8. The summed E-state index contributed by atoms with van der Waals surface area (Å²) < 4.78 is 13.4. The van der Waals surface area contributed by atoms with Crippen LogP contribution in [0.1, 0.15) is 35.6 Å². The zero-order valence-electron chi connectivity index (χ0n) is 15.4. The number of carbonyl (C=O) groups is 1. The zero-order valence-corrected chi connectivity index (χ0v) is 16.2. The third kappa shape index (κ3) is 2.98. The summed E-state index contributed by atoms with van der Waals surface area (Å²) in [6, 6.07) is 7.80. The van der Waals surface area contributed by atoms with E-state index in [1.54, 1.807) is 7.11 Å². The third-order valence-electron chi connectivity index (χ3n) is 4.52. The third-order valence-corrected chi connectivity index (χ3v) is 5.38. The van der Waals surface area contributed by atoms with Crippen LogP contribution in [0.25, 0.3) is 16.4 Å². The van der Waals surface area contributed by atoms with E-state index >= 15 is 0 Å². The first-order chi connectivity index (χ1) is 13.0. The van der Waals surface area contributed by atoms with Gasteiger partial charge < -0.3 is 14.6 Å². The van der Waals surface area contributed by atoms with E-state index in [0.717, 1.165) is 28.2 Å². The molecule has 4 rings (SSSR count). The molecule has 1 aliphatic rings. The Bertz CT molecular complexity index is 1010. The van der Waals surface area contributed by atoms with Gasteiger partial charge in [-0.1, -0.05) is 6.07 Å². The van der Waals surface area contributed by atoms with Crippen molar-refractivity contribution in [3.63, 3.8) is 0 Å². The van der Waals surface area contributed by atoms with Gasteiger partial charge in [-0.05, 0) is 49.8 Å². The Kier molecular flexibility index (Phi) is 4.39. The summed E-state index contributed by atoms with van der Waals surface area (Å²) in [7, 11) is 1.62. The van der Waals surface area contributed by atoms with Crippen molar-refractivity contribution < 1.29 is 19.4 Å². The number of rotatable bonds is 5. The summed E-state index contributed by atoms with van der Waals surface area (Å²) in [5.41, 5.74) is 2.82. The molecule has 0 fully saturated rings. The lowest BCUT2D eigenvalue weighted by Gasteiger charge is -2.24. The van der Waals surface area contributed by atoms with Crippen molar-refractivity contribution in [2.75, 3.05) is 7.11 Å². The number of ether oxygens (including phenoxy) is 2. The number of carboxylic acid groups (broad SMARTS) is 1. The molecule has 1 N–H and O–H groups in total. The summed E-state index contributed by atoms with van der Waals surface area (Å²) in [4.78, 5) is 17.2. The molecule has 3 heterocycles. The van der Waals surface area contributed by atoms with Crippen LogP contribution < -0.4 is 9.47 Å². The fraction of sp³-hybridized carbons (Fsp3) is 0.300. The van der Waals surface area contributed by atoms with Crippen LogP contribution in [0.2, 0.25) is 0 Å². The molecule has 0 aliphatic carbocycles. The number of imidazole rings is 1. The Morgan fingerprint density at radius 2 is 2.11 bits per heavy atom. The molecular weight excluding hydrogens is 364 g/mol. The summed E-state index contributed by atoms with van der Waals surface area (Å²) in [5, 5.41) is 11.6. The Hall–Kier alpha value is -2.80. The van der Waals surface area contributed by atoms with Crippen molar-refractivity contribution in [3.05, 3.63) is 46.6 Å². The number of aromatic carboxylic acids is 1. The van der Waals surface area contributed by atoms with Gasteiger partial charge in [0.15, 0.2) is 23.0 Å². The molecule has 0 spiro atoms. The van der Waals surface area contributed by atoms with Gasteiger partial charge in [-0.15, -0.1) is 11.3 Å². The molecule has 2 aromatic heterocycles. The second-order valence-corrected chi connectivity index (χ2v) is 7.59. The lowest BCUT2D eigenvalue weighted by Crippen LogP contribution is -2.16. The largest absolute Gasteiger partial charge is 0.493 e. The molecule has 6 nitrogen and oxygen atoms in total. The Labute approximate surface area is 161 Å². The van der Waals surface area contributed by atoms with Crippen molar-refractivity contribution >= 4 is 17.3 Å². The first-order valence-corrected chi connectivity index (χ1v) is 9.64. The standard InChI is InChI=1S/C20H20N2O4S/c1-11(2)26-16-10-14-12(9-15(16)25-3)6-7-13-18(20(23)24)21-19(22(13)14)17-5-4-8-27-17/h4-5,8-11H,6-7H2,1-3H3,(H,23,24). The first kappa shape index (κ1) is 17.6. The van der Waals surface area contributed by atoms with Crippen molar-refractivity contribution in [1.29, 1.82) is 0 Å². The van der Waals surface area contributed by atoms with E-state index < -0.39 is 5.97 Å². The average molecular weight is 384 g/mol. The molecule has 140 valence electrons. The molecule has 0 radical (unpaired) electrons. The van der Waals surface area contributed by atoms with Crippen LogP contribution in [-0.4, -0.2) is 33.8 Å². The molecule has 0 unspecified atom stereocenters. The lowest BCUT2D eigenvalue weighted by atomic mass is 9.99. The predicted molar refractivity (Wildman–Crippen MR) is 104 cm³/mol. The molecule has 0 atom stereocenters. The van der Waals surface area contributed by atoms with Gasteiger partial charge in [0.25, 0.3) is 0 Å². The zero-order chi connectivity index (χ0) is 19.1. The first-order valence-electron chi connectivity index (χ1n) is 8.76. The molecule has 0 saturated carbocycles. The predicted octanol–water partition coefficient (Wildman–Crippen LogP) is 4.19. The van der Waals surface area contributed by atoms with E-state index in [1.807, 2.05) is 48.1 Å². The number of hydrogen-bond acceptors (Lipinski definition) is 5. The van der Waals surface area contributed by atoms with Crippen LogP contribution in [-0.2, 0) is 12.8 Å².